The maximum atomic E-state index is 12.1. The van der Waals surface area contributed by atoms with Crippen LogP contribution in [0.5, 0.6) is 0 Å². The van der Waals surface area contributed by atoms with Crippen molar-refractivity contribution in [1.82, 2.24) is 9.88 Å². The summed E-state index contributed by atoms with van der Waals surface area (Å²) in [5.41, 5.74) is 0.766. The number of carbonyl (C=O) groups is 1. The number of aliphatic hydroxyl groups is 1. The van der Waals surface area contributed by atoms with Crippen molar-refractivity contribution >= 4 is 11.7 Å². The van der Waals surface area contributed by atoms with Gasteiger partial charge in [0, 0.05) is 37.3 Å². The Balaban J connectivity index is 1.91. The minimum atomic E-state index is -0.0540. The fourth-order valence-corrected chi connectivity index (χ4v) is 2.36. The topological polar surface area (TPSA) is 65.5 Å². The van der Waals surface area contributed by atoms with Crippen LogP contribution >= 0.6 is 0 Å². The first-order valence-electron chi connectivity index (χ1n) is 6.40. The first-order chi connectivity index (χ1) is 8.81. The van der Waals surface area contributed by atoms with Crippen molar-refractivity contribution in [2.24, 2.45) is 0 Å². The largest absolute Gasteiger partial charge is 0.396 e. The monoisotopic (exact) mass is 249 g/mol. The van der Waals surface area contributed by atoms with E-state index in [0.29, 0.717) is 0 Å². The predicted molar refractivity (Wildman–Crippen MR) is 69.3 cm³/mol. The Labute approximate surface area is 107 Å². The van der Waals surface area contributed by atoms with Crippen LogP contribution in [0.2, 0.25) is 0 Å². The van der Waals surface area contributed by atoms with Gasteiger partial charge in [0.15, 0.2) is 0 Å². The van der Waals surface area contributed by atoms with Gasteiger partial charge in [-0.3, -0.25) is 4.98 Å². The van der Waals surface area contributed by atoms with Crippen molar-refractivity contribution in [2.45, 2.75) is 31.7 Å². The highest BCUT2D eigenvalue weighted by Gasteiger charge is 2.28. The molecule has 98 valence electrons. The van der Waals surface area contributed by atoms with Crippen LogP contribution in [0.25, 0.3) is 0 Å². The maximum Gasteiger partial charge on any atom is 0.322 e. The van der Waals surface area contributed by atoms with Crippen molar-refractivity contribution in [1.29, 1.82) is 0 Å². The zero-order valence-corrected chi connectivity index (χ0v) is 10.4. The Morgan fingerprint density at radius 1 is 1.50 bits per heavy atom. The number of rotatable bonds is 4. The Morgan fingerprint density at radius 2 is 2.28 bits per heavy atom. The summed E-state index contributed by atoms with van der Waals surface area (Å²) in [7, 11) is 0. The quantitative estimate of drug-likeness (QED) is 0.855. The van der Waals surface area contributed by atoms with E-state index in [1.807, 2.05) is 4.90 Å². The van der Waals surface area contributed by atoms with E-state index < -0.39 is 0 Å². The molecule has 0 aromatic carbocycles. The average Bonchev–Trinajstić information content (AvgIpc) is 2.86. The van der Waals surface area contributed by atoms with E-state index in [2.05, 4.69) is 10.3 Å². The fraction of sp³-hybridized carbons (Fsp3) is 0.538. The second-order valence-corrected chi connectivity index (χ2v) is 4.52. The highest BCUT2D eigenvalue weighted by Crippen LogP contribution is 2.22. The Morgan fingerprint density at radius 3 is 3.00 bits per heavy atom. The molecule has 5 nitrogen and oxygen atoms in total. The van der Waals surface area contributed by atoms with Gasteiger partial charge in [-0.1, -0.05) is 0 Å². The van der Waals surface area contributed by atoms with Gasteiger partial charge in [0.05, 0.1) is 0 Å². The number of nitrogens with one attached hydrogen (secondary N) is 1. The molecule has 0 saturated carbocycles. The zero-order valence-electron chi connectivity index (χ0n) is 10.4. The van der Waals surface area contributed by atoms with Gasteiger partial charge < -0.3 is 15.3 Å². The number of carbonyl (C=O) groups excluding carboxylic acids is 1. The summed E-state index contributed by atoms with van der Waals surface area (Å²) < 4.78 is 0. The van der Waals surface area contributed by atoms with Crippen LogP contribution < -0.4 is 5.32 Å². The molecular formula is C13H19N3O2. The summed E-state index contributed by atoms with van der Waals surface area (Å²) in [6.07, 6.45) is 7.01. The molecule has 0 spiro atoms. The van der Waals surface area contributed by atoms with Crippen molar-refractivity contribution in [3.05, 3.63) is 24.5 Å². The molecule has 1 fully saturated rings. The minimum Gasteiger partial charge on any atom is -0.396 e. The van der Waals surface area contributed by atoms with Gasteiger partial charge in [-0.2, -0.15) is 0 Å². The molecular weight excluding hydrogens is 230 g/mol. The van der Waals surface area contributed by atoms with E-state index in [4.69, 9.17) is 5.11 Å². The molecule has 0 aliphatic carbocycles. The molecule has 1 saturated heterocycles. The normalized spacial score (nSPS) is 18.9. The van der Waals surface area contributed by atoms with E-state index in [0.717, 1.165) is 37.9 Å². The molecule has 0 bridgehead atoms. The highest BCUT2D eigenvalue weighted by molar-refractivity contribution is 5.89. The first-order valence-corrected chi connectivity index (χ1v) is 6.40. The van der Waals surface area contributed by atoms with Crippen molar-refractivity contribution in [2.75, 3.05) is 18.5 Å². The maximum absolute atomic E-state index is 12.1. The number of hydrogen-bond donors (Lipinski definition) is 2. The number of aromatic nitrogens is 1. The molecule has 2 N–H and O–H groups in total. The Kier molecular flexibility index (Phi) is 4.52. The van der Waals surface area contributed by atoms with E-state index in [1.54, 1.807) is 24.5 Å². The van der Waals surface area contributed by atoms with E-state index in [9.17, 15) is 4.79 Å². The third-order valence-corrected chi connectivity index (χ3v) is 3.27. The van der Waals surface area contributed by atoms with Gasteiger partial charge in [-0.15, -0.1) is 0 Å². The van der Waals surface area contributed by atoms with Crippen LogP contribution in [0.15, 0.2) is 24.5 Å². The smallest absolute Gasteiger partial charge is 0.322 e. The van der Waals surface area contributed by atoms with E-state index in [-0.39, 0.29) is 18.7 Å². The van der Waals surface area contributed by atoms with Crippen LogP contribution in [0.4, 0.5) is 10.5 Å². The molecule has 1 aliphatic heterocycles. The lowest BCUT2D eigenvalue weighted by Crippen LogP contribution is -2.38. The molecule has 0 radical (unpaired) electrons. The number of hydrogen-bond acceptors (Lipinski definition) is 3. The lowest BCUT2D eigenvalue weighted by atomic mass is 10.1. The number of nitrogens with zero attached hydrogens (tertiary/aromatic N) is 2. The van der Waals surface area contributed by atoms with Crippen LogP contribution in [0.3, 0.4) is 0 Å². The van der Waals surface area contributed by atoms with Gasteiger partial charge >= 0.3 is 6.03 Å². The number of likely N-dealkylation sites (tertiary alicyclic amines) is 1. The van der Waals surface area contributed by atoms with Crippen LogP contribution in [-0.4, -0.2) is 40.2 Å². The number of pyridine rings is 1. The lowest BCUT2D eigenvalue weighted by molar-refractivity contribution is 0.197. The second-order valence-electron chi connectivity index (χ2n) is 4.52. The minimum absolute atomic E-state index is 0.0540. The zero-order chi connectivity index (χ0) is 12.8. The number of aliphatic hydroxyl groups excluding tert-OH is 1. The molecule has 1 aromatic heterocycles. The first kappa shape index (κ1) is 12.8. The fourth-order valence-electron chi connectivity index (χ4n) is 2.36. The number of urea groups is 1. The molecule has 2 amide bonds. The molecule has 18 heavy (non-hydrogen) atoms. The number of amides is 2. The summed E-state index contributed by atoms with van der Waals surface area (Å²) in [5, 5.41) is 11.7. The van der Waals surface area contributed by atoms with Crippen LogP contribution in [0, 0.1) is 0 Å². The predicted octanol–water partition coefficient (Wildman–Crippen LogP) is 1.85. The van der Waals surface area contributed by atoms with Gasteiger partial charge in [0.25, 0.3) is 0 Å². The molecule has 1 atom stereocenters. The highest BCUT2D eigenvalue weighted by atomic mass is 16.3. The Hall–Kier alpha value is -1.62. The van der Waals surface area contributed by atoms with Crippen molar-refractivity contribution < 1.29 is 9.90 Å². The van der Waals surface area contributed by atoms with E-state index in [1.165, 1.54) is 0 Å². The second kappa shape index (κ2) is 6.35. The standard InChI is InChI=1S/C13H19N3O2/c17-10-2-4-12-3-1-9-16(12)13(18)15-11-5-7-14-8-6-11/h5-8,12,17H,1-4,9-10H2,(H,14,15,18). The third kappa shape index (κ3) is 3.20. The lowest BCUT2D eigenvalue weighted by Gasteiger charge is -2.24. The molecule has 1 aromatic rings. The van der Waals surface area contributed by atoms with Gasteiger partial charge in [0.1, 0.15) is 0 Å². The third-order valence-electron chi connectivity index (χ3n) is 3.27. The molecule has 2 heterocycles. The van der Waals surface area contributed by atoms with Crippen LogP contribution in [-0.2, 0) is 0 Å². The van der Waals surface area contributed by atoms with Gasteiger partial charge in [-0.25, -0.2) is 4.79 Å². The summed E-state index contributed by atoms with van der Waals surface area (Å²) in [5.74, 6) is 0. The van der Waals surface area contributed by atoms with E-state index >= 15 is 0 Å². The SMILES string of the molecule is O=C(Nc1ccncc1)N1CCCC1CCCO. The average molecular weight is 249 g/mol. The molecule has 1 aliphatic rings. The number of anilines is 1. The van der Waals surface area contributed by atoms with Gasteiger partial charge in [0.2, 0.25) is 0 Å². The summed E-state index contributed by atoms with van der Waals surface area (Å²) in [6.45, 7) is 0.989. The van der Waals surface area contributed by atoms with Crippen molar-refractivity contribution in [3.8, 4) is 0 Å². The van der Waals surface area contributed by atoms with Crippen molar-refractivity contribution in [3.63, 3.8) is 0 Å². The van der Waals surface area contributed by atoms with Gasteiger partial charge in [-0.05, 0) is 37.8 Å². The summed E-state index contributed by atoms with van der Waals surface area (Å²) in [4.78, 5) is 17.9. The molecule has 2 rings (SSSR count). The molecule has 1 unspecified atom stereocenters. The molecule has 5 heteroatoms. The summed E-state index contributed by atoms with van der Waals surface area (Å²) >= 11 is 0. The summed E-state index contributed by atoms with van der Waals surface area (Å²) in [6, 6.07) is 3.76. The Bertz CT molecular complexity index is 383. The van der Waals surface area contributed by atoms with Crippen LogP contribution in [0.1, 0.15) is 25.7 Å².